The van der Waals surface area contributed by atoms with E-state index in [2.05, 4.69) is 5.32 Å². The number of sulfonamides is 1. The molecule has 0 saturated carbocycles. The molecule has 0 heterocycles. The summed E-state index contributed by atoms with van der Waals surface area (Å²) >= 11 is 0. The molecular formula is C21H18F2N2O4S. The summed E-state index contributed by atoms with van der Waals surface area (Å²) in [6.07, 6.45) is 0. The maximum Gasteiger partial charge on any atom is 0.264 e. The third-order valence-corrected chi connectivity index (χ3v) is 5.97. The van der Waals surface area contributed by atoms with E-state index in [0.29, 0.717) is 5.75 Å². The number of para-hydroxylation sites is 1. The predicted molar refractivity (Wildman–Crippen MR) is 109 cm³/mol. The van der Waals surface area contributed by atoms with Crippen LogP contribution in [0.15, 0.2) is 77.7 Å². The summed E-state index contributed by atoms with van der Waals surface area (Å²) in [6, 6.07) is 16.8. The quantitative estimate of drug-likeness (QED) is 0.616. The van der Waals surface area contributed by atoms with Gasteiger partial charge in [-0.05, 0) is 36.4 Å². The molecule has 9 heteroatoms. The number of carbonyl (C=O) groups is 1. The van der Waals surface area contributed by atoms with E-state index in [4.69, 9.17) is 4.74 Å². The van der Waals surface area contributed by atoms with Crippen molar-refractivity contribution in [1.82, 2.24) is 0 Å². The van der Waals surface area contributed by atoms with Gasteiger partial charge < -0.3 is 10.1 Å². The number of hydrogen-bond acceptors (Lipinski definition) is 4. The van der Waals surface area contributed by atoms with Gasteiger partial charge in [-0.3, -0.25) is 9.10 Å². The van der Waals surface area contributed by atoms with Gasteiger partial charge in [0.1, 0.15) is 29.6 Å². The largest absolute Gasteiger partial charge is 0.497 e. The first kappa shape index (κ1) is 21.3. The van der Waals surface area contributed by atoms with Crippen LogP contribution >= 0.6 is 0 Å². The van der Waals surface area contributed by atoms with Crippen LogP contribution in [0.2, 0.25) is 0 Å². The van der Waals surface area contributed by atoms with Gasteiger partial charge in [0.15, 0.2) is 0 Å². The smallest absolute Gasteiger partial charge is 0.264 e. The van der Waals surface area contributed by atoms with E-state index < -0.39 is 39.8 Å². The zero-order chi connectivity index (χ0) is 21.7. The highest BCUT2D eigenvalue weighted by atomic mass is 32.2. The number of nitrogens with one attached hydrogen (secondary N) is 1. The Balaban J connectivity index is 1.98. The van der Waals surface area contributed by atoms with E-state index in [-0.39, 0.29) is 10.6 Å². The van der Waals surface area contributed by atoms with Crippen molar-refractivity contribution in [3.05, 3.63) is 84.4 Å². The molecule has 0 fully saturated rings. The zero-order valence-corrected chi connectivity index (χ0v) is 16.7. The maximum absolute atomic E-state index is 13.9. The summed E-state index contributed by atoms with van der Waals surface area (Å²) in [5.41, 5.74) is -0.493. The van der Waals surface area contributed by atoms with Crippen molar-refractivity contribution in [3.63, 3.8) is 0 Å². The fourth-order valence-corrected chi connectivity index (χ4v) is 4.16. The number of amides is 1. The van der Waals surface area contributed by atoms with Crippen LogP contribution in [-0.2, 0) is 14.8 Å². The minimum atomic E-state index is -4.16. The number of benzene rings is 3. The van der Waals surface area contributed by atoms with Crippen LogP contribution in [0.1, 0.15) is 0 Å². The standard InChI is InChI=1S/C21H18F2N2O4S/c1-29-16-8-5-7-15(13-16)25(30(27,28)17-9-3-2-4-10-17)14-20(26)24-21-18(22)11-6-12-19(21)23/h2-13H,14H2,1H3,(H,24,26). The van der Waals surface area contributed by atoms with Gasteiger partial charge in [0.2, 0.25) is 5.91 Å². The second kappa shape index (κ2) is 8.91. The van der Waals surface area contributed by atoms with Gasteiger partial charge in [-0.1, -0.05) is 30.3 Å². The fraction of sp³-hybridized carbons (Fsp3) is 0.0952. The number of ether oxygens (including phenoxy) is 1. The summed E-state index contributed by atoms with van der Waals surface area (Å²) in [5.74, 6) is -2.48. The SMILES string of the molecule is COc1cccc(N(CC(=O)Nc2c(F)cccc2F)S(=O)(=O)c2ccccc2)c1. The molecule has 0 saturated heterocycles. The van der Waals surface area contributed by atoms with Crippen molar-refractivity contribution in [2.24, 2.45) is 0 Å². The third-order valence-electron chi connectivity index (χ3n) is 4.19. The van der Waals surface area contributed by atoms with Crippen molar-refractivity contribution in [2.45, 2.75) is 4.90 Å². The summed E-state index contributed by atoms with van der Waals surface area (Å²) in [5, 5.41) is 2.10. The summed E-state index contributed by atoms with van der Waals surface area (Å²) in [6.45, 7) is -0.710. The van der Waals surface area contributed by atoms with Crippen LogP contribution in [0, 0.1) is 11.6 Å². The van der Waals surface area contributed by atoms with Gasteiger partial charge in [0, 0.05) is 6.07 Å². The number of methoxy groups -OCH3 is 1. The molecule has 6 nitrogen and oxygen atoms in total. The Labute approximate surface area is 172 Å². The Morgan fingerprint density at radius 1 is 0.967 bits per heavy atom. The molecule has 0 radical (unpaired) electrons. The minimum absolute atomic E-state index is 0.0438. The number of rotatable bonds is 7. The van der Waals surface area contributed by atoms with Crippen molar-refractivity contribution in [2.75, 3.05) is 23.3 Å². The van der Waals surface area contributed by atoms with Gasteiger partial charge in [-0.25, -0.2) is 17.2 Å². The minimum Gasteiger partial charge on any atom is -0.497 e. The monoisotopic (exact) mass is 432 g/mol. The Kier molecular flexibility index (Phi) is 6.31. The molecule has 0 aliphatic heterocycles. The molecule has 3 aromatic rings. The maximum atomic E-state index is 13.9. The van der Waals surface area contributed by atoms with Gasteiger partial charge in [-0.15, -0.1) is 0 Å². The summed E-state index contributed by atoms with van der Waals surface area (Å²) < 4.78 is 60.1. The van der Waals surface area contributed by atoms with Crippen molar-refractivity contribution < 1.29 is 26.7 Å². The van der Waals surface area contributed by atoms with E-state index in [1.807, 2.05) is 0 Å². The molecule has 0 spiro atoms. The van der Waals surface area contributed by atoms with Crippen LogP contribution in [0.5, 0.6) is 5.75 Å². The highest BCUT2D eigenvalue weighted by Crippen LogP contribution is 2.27. The molecule has 3 aromatic carbocycles. The number of carbonyl (C=O) groups excluding carboxylic acids is 1. The van der Waals surface area contributed by atoms with Crippen LogP contribution in [0.4, 0.5) is 20.2 Å². The number of anilines is 2. The third kappa shape index (κ3) is 4.57. The lowest BCUT2D eigenvalue weighted by molar-refractivity contribution is -0.114. The first-order valence-corrected chi connectivity index (χ1v) is 10.2. The molecule has 30 heavy (non-hydrogen) atoms. The first-order valence-electron chi connectivity index (χ1n) is 8.78. The van der Waals surface area contributed by atoms with E-state index in [0.717, 1.165) is 22.5 Å². The van der Waals surface area contributed by atoms with Crippen LogP contribution in [-0.4, -0.2) is 28.0 Å². The molecule has 0 aliphatic carbocycles. The number of hydrogen-bond donors (Lipinski definition) is 1. The normalized spacial score (nSPS) is 11.0. The van der Waals surface area contributed by atoms with E-state index in [1.54, 1.807) is 30.3 Å². The lowest BCUT2D eigenvalue weighted by atomic mass is 10.3. The zero-order valence-electron chi connectivity index (χ0n) is 15.9. The lowest BCUT2D eigenvalue weighted by Gasteiger charge is -2.24. The Morgan fingerprint density at radius 3 is 2.23 bits per heavy atom. The second-order valence-electron chi connectivity index (χ2n) is 6.17. The Hall–Kier alpha value is -3.46. The molecular weight excluding hydrogens is 414 g/mol. The van der Waals surface area contributed by atoms with Crippen molar-refractivity contribution >= 4 is 27.3 Å². The van der Waals surface area contributed by atoms with Crippen LogP contribution in [0.25, 0.3) is 0 Å². The van der Waals surface area contributed by atoms with Crippen molar-refractivity contribution in [1.29, 1.82) is 0 Å². The molecule has 0 bridgehead atoms. The molecule has 0 atom stereocenters. The van der Waals surface area contributed by atoms with Gasteiger partial charge in [0.25, 0.3) is 10.0 Å². The summed E-state index contributed by atoms with van der Waals surface area (Å²) in [7, 11) is -2.74. The highest BCUT2D eigenvalue weighted by molar-refractivity contribution is 7.92. The molecule has 3 rings (SSSR count). The highest BCUT2D eigenvalue weighted by Gasteiger charge is 2.28. The average molecular weight is 432 g/mol. The first-order chi connectivity index (χ1) is 14.3. The van der Waals surface area contributed by atoms with E-state index >= 15 is 0 Å². The predicted octanol–water partition coefficient (Wildman–Crippen LogP) is 3.81. The van der Waals surface area contributed by atoms with E-state index in [9.17, 15) is 22.0 Å². The van der Waals surface area contributed by atoms with Crippen LogP contribution in [0.3, 0.4) is 0 Å². The molecule has 1 N–H and O–H groups in total. The summed E-state index contributed by atoms with van der Waals surface area (Å²) in [4.78, 5) is 12.5. The number of nitrogens with zero attached hydrogens (tertiary/aromatic N) is 1. The average Bonchev–Trinajstić information content (AvgIpc) is 2.75. The number of halogens is 2. The topological polar surface area (TPSA) is 75.7 Å². The molecule has 0 unspecified atom stereocenters. The van der Waals surface area contributed by atoms with E-state index in [1.165, 1.54) is 31.4 Å². The second-order valence-corrected chi connectivity index (χ2v) is 8.03. The molecule has 1 amide bonds. The fourth-order valence-electron chi connectivity index (χ4n) is 2.73. The van der Waals surface area contributed by atoms with Crippen molar-refractivity contribution in [3.8, 4) is 5.75 Å². The van der Waals surface area contributed by atoms with Crippen LogP contribution < -0.4 is 14.4 Å². The van der Waals surface area contributed by atoms with Gasteiger partial charge in [0.05, 0.1) is 17.7 Å². The molecule has 0 aromatic heterocycles. The van der Waals surface area contributed by atoms with Gasteiger partial charge >= 0.3 is 0 Å². The Morgan fingerprint density at radius 2 is 1.60 bits per heavy atom. The molecule has 0 aliphatic rings. The Bertz CT molecular complexity index is 1130. The lowest BCUT2D eigenvalue weighted by Crippen LogP contribution is -2.38. The molecule has 156 valence electrons. The van der Waals surface area contributed by atoms with Gasteiger partial charge in [-0.2, -0.15) is 0 Å².